The highest BCUT2D eigenvalue weighted by Crippen LogP contribution is 2.24. The van der Waals surface area contributed by atoms with Crippen molar-refractivity contribution < 1.29 is 9.84 Å². The van der Waals surface area contributed by atoms with Gasteiger partial charge in [-0.1, -0.05) is 24.3 Å². The Morgan fingerprint density at radius 3 is 2.74 bits per heavy atom. The quantitative estimate of drug-likeness (QED) is 0.865. The van der Waals surface area contributed by atoms with Gasteiger partial charge < -0.3 is 15.2 Å². The van der Waals surface area contributed by atoms with Gasteiger partial charge >= 0.3 is 0 Å². The lowest BCUT2D eigenvalue weighted by Gasteiger charge is -2.15. The van der Waals surface area contributed by atoms with Crippen LogP contribution in [0, 0.1) is 6.92 Å². The van der Waals surface area contributed by atoms with E-state index in [0.29, 0.717) is 12.3 Å². The van der Waals surface area contributed by atoms with E-state index in [1.807, 2.05) is 49.4 Å². The fourth-order valence-corrected chi connectivity index (χ4v) is 1.89. The molecule has 0 radical (unpaired) electrons. The van der Waals surface area contributed by atoms with E-state index in [1.54, 1.807) is 7.11 Å². The molecule has 0 spiro atoms. The first-order valence-electron chi connectivity index (χ1n) is 6.19. The van der Waals surface area contributed by atoms with Gasteiger partial charge in [0.2, 0.25) is 0 Å². The van der Waals surface area contributed by atoms with Crippen LogP contribution in [0.3, 0.4) is 0 Å². The Balaban J connectivity index is 2.03. The number of ether oxygens (including phenoxy) is 1. The lowest BCUT2D eigenvalue weighted by molar-refractivity contribution is 0.187. The van der Waals surface area contributed by atoms with E-state index < -0.39 is 6.10 Å². The fourth-order valence-electron chi connectivity index (χ4n) is 1.89. The van der Waals surface area contributed by atoms with Crippen LogP contribution in [-0.4, -0.2) is 23.7 Å². The number of methoxy groups -OCH3 is 1. The Bertz CT molecular complexity index is 543. The maximum absolute atomic E-state index is 10.2. The number of nitrogens with one attached hydrogen (secondary N) is 1. The molecule has 1 aromatic carbocycles. The van der Waals surface area contributed by atoms with Crippen molar-refractivity contribution >= 4 is 5.82 Å². The van der Waals surface area contributed by atoms with Crippen molar-refractivity contribution in [3.05, 3.63) is 53.7 Å². The molecule has 0 bridgehead atoms. The summed E-state index contributed by atoms with van der Waals surface area (Å²) in [5.41, 5.74) is 1.71. The number of para-hydroxylation sites is 1. The third kappa shape index (κ3) is 3.45. The van der Waals surface area contributed by atoms with Gasteiger partial charge in [0.1, 0.15) is 11.6 Å². The average molecular weight is 258 g/mol. The summed E-state index contributed by atoms with van der Waals surface area (Å²) in [4.78, 5) is 4.33. The molecule has 0 amide bonds. The zero-order chi connectivity index (χ0) is 13.7. The van der Waals surface area contributed by atoms with Gasteiger partial charge in [-0.25, -0.2) is 4.98 Å². The standard InChI is InChI=1S/C15H18N2O2/c1-11-6-5-9-15(17-11)16-10-13(18)12-7-3-4-8-14(12)19-2/h3-9,13,18H,10H2,1-2H3,(H,16,17). The molecule has 19 heavy (non-hydrogen) atoms. The molecule has 2 N–H and O–H groups in total. The van der Waals surface area contributed by atoms with Gasteiger partial charge in [0, 0.05) is 17.8 Å². The first-order chi connectivity index (χ1) is 9.20. The number of hydrogen-bond donors (Lipinski definition) is 2. The normalized spacial score (nSPS) is 11.9. The number of aliphatic hydroxyl groups is 1. The first kappa shape index (κ1) is 13.4. The lowest BCUT2D eigenvalue weighted by Crippen LogP contribution is -2.13. The number of aromatic nitrogens is 1. The smallest absolute Gasteiger partial charge is 0.126 e. The molecule has 1 unspecified atom stereocenters. The summed E-state index contributed by atoms with van der Waals surface area (Å²) in [6.45, 7) is 2.32. The van der Waals surface area contributed by atoms with Gasteiger partial charge in [-0.05, 0) is 25.1 Å². The van der Waals surface area contributed by atoms with Crippen LogP contribution in [0.25, 0.3) is 0 Å². The number of benzene rings is 1. The summed E-state index contributed by atoms with van der Waals surface area (Å²) in [6.07, 6.45) is -0.640. The van der Waals surface area contributed by atoms with Crippen molar-refractivity contribution in [2.75, 3.05) is 19.0 Å². The highest BCUT2D eigenvalue weighted by Gasteiger charge is 2.12. The van der Waals surface area contributed by atoms with Gasteiger partial charge in [0.15, 0.2) is 0 Å². The summed E-state index contributed by atoms with van der Waals surface area (Å²) < 4.78 is 5.23. The monoisotopic (exact) mass is 258 g/mol. The molecule has 4 nitrogen and oxygen atoms in total. The molecular weight excluding hydrogens is 240 g/mol. The fraction of sp³-hybridized carbons (Fsp3) is 0.267. The maximum atomic E-state index is 10.2. The van der Waals surface area contributed by atoms with Crippen LogP contribution in [0.1, 0.15) is 17.4 Å². The highest BCUT2D eigenvalue weighted by atomic mass is 16.5. The number of rotatable bonds is 5. The van der Waals surface area contributed by atoms with Gasteiger partial charge in [-0.2, -0.15) is 0 Å². The zero-order valence-electron chi connectivity index (χ0n) is 11.1. The van der Waals surface area contributed by atoms with E-state index in [1.165, 1.54) is 0 Å². The molecule has 4 heteroatoms. The van der Waals surface area contributed by atoms with Crippen LogP contribution < -0.4 is 10.1 Å². The molecule has 0 aliphatic heterocycles. The van der Waals surface area contributed by atoms with Gasteiger partial charge in [-0.3, -0.25) is 0 Å². The second-order valence-electron chi connectivity index (χ2n) is 4.30. The van der Waals surface area contributed by atoms with Crippen LogP contribution in [0.15, 0.2) is 42.5 Å². The second-order valence-corrected chi connectivity index (χ2v) is 4.30. The van der Waals surface area contributed by atoms with Crippen molar-refractivity contribution in [1.82, 2.24) is 4.98 Å². The average Bonchev–Trinajstić information content (AvgIpc) is 2.45. The summed E-state index contributed by atoms with van der Waals surface area (Å²) in [5, 5.41) is 13.3. The molecule has 0 fully saturated rings. The summed E-state index contributed by atoms with van der Waals surface area (Å²) in [6, 6.07) is 13.2. The third-order valence-electron chi connectivity index (χ3n) is 2.86. The number of aliphatic hydroxyl groups excluding tert-OH is 1. The van der Waals surface area contributed by atoms with E-state index in [2.05, 4.69) is 10.3 Å². The van der Waals surface area contributed by atoms with E-state index >= 15 is 0 Å². The Labute approximate surface area is 113 Å². The van der Waals surface area contributed by atoms with Crippen LogP contribution in [-0.2, 0) is 0 Å². The van der Waals surface area contributed by atoms with Crippen molar-refractivity contribution in [2.24, 2.45) is 0 Å². The van der Waals surface area contributed by atoms with Crippen molar-refractivity contribution in [3.63, 3.8) is 0 Å². The van der Waals surface area contributed by atoms with E-state index in [9.17, 15) is 5.11 Å². The molecule has 0 saturated carbocycles. The molecule has 1 aromatic heterocycles. The second kappa shape index (κ2) is 6.20. The number of aryl methyl sites for hydroxylation is 1. The zero-order valence-corrected chi connectivity index (χ0v) is 11.1. The third-order valence-corrected chi connectivity index (χ3v) is 2.86. The summed E-state index contributed by atoms with van der Waals surface area (Å²) in [7, 11) is 1.60. The molecule has 2 rings (SSSR count). The Hall–Kier alpha value is -2.07. The number of pyridine rings is 1. The molecule has 0 saturated heterocycles. The SMILES string of the molecule is COc1ccccc1C(O)CNc1cccc(C)n1. The van der Waals surface area contributed by atoms with Gasteiger partial charge in [-0.15, -0.1) is 0 Å². The summed E-state index contributed by atoms with van der Waals surface area (Å²) in [5.74, 6) is 1.45. The molecule has 0 aliphatic rings. The minimum Gasteiger partial charge on any atom is -0.496 e. The van der Waals surface area contributed by atoms with Crippen LogP contribution >= 0.6 is 0 Å². The van der Waals surface area contributed by atoms with E-state index in [0.717, 1.165) is 17.1 Å². The first-order valence-corrected chi connectivity index (χ1v) is 6.19. The largest absolute Gasteiger partial charge is 0.496 e. The Kier molecular flexibility index (Phi) is 4.36. The molecule has 2 aromatic rings. The number of hydrogen-bond acceptors (Lipinski definition) is 4. The molecular formula is C15H18N2O2. The van der Waals surface area contributed by atoms with E-state index in [4.69, 9.17) is 4.74 Å². The molecule has 1 heterocycles. The van der Waals surface area contributed by atoms with Gasteiger partial charge in [0.25, 0.3) is 0 Å². The van der Waals surface area contributed by atoms with Crippen molar-refractivity contribution in [2.45, 2.75) is 13.0 Å². The minimum absolute atomic E-state index is 0.386. The number of nitrogens with zero attached hydrogens (tertiary/aromatic N) is 1. The minimum atomic E-state index is -0.640. The van der Waals surface area contributed by atoms with Crippen LogP contribution in [0.5, 0.6) is 5.75 Å². The molecule has 1 atom stereocenters. The van der Waals surface area contributed by atoms with E-state index in [-0.39, 0.29) is 0 Å². The van der Waals surface area contributed by atoms with Crippen LogP contribution in [0.4, 0.5) is 5.82 Å². The highest BCUT2D eigenvalue weighted by molar-refractivity contribution is 5.38. The molecule has 100 valence electrons. The molecule has 0 aliphatic carbocycles. The Morgan fingerprint density at radius 1 is 1.21 bits per heavy atom. The van der Waals surface area contributed by atoms with Crippen LogP contribution in [0.2, 0.25) is 0 Å². The Morgan fingerprint density at radius 2 is 2.00 bits per heavy atom. The predicted octanol–water partition coefficient (Wildman–Crippen LogP) is 2.54. The summed E-state index contributed by atoms with van der Waals surface area (Å²) >= 11 is 0. The van der Waals surface area contributed by atoms with Crippen molar-refractivity contribution in [1.29, 1.82) is 0 Å². The topological polar surface area (TPSA) is 54.4 Å². The predicted molar refractivity (Wildman–Crippen MR) is 75.4 cm³/mol. The lowest BCUT2D eigenvalue weighted by atomic mass is 10.1. The van der Waals surface area contributed by atoms with Gasteiger partial charge in [0.05, 0.1) is 13.2 Å². The number of anilines is 1. The maximum Gasteiger partial charge on any atom is 0.126 e. The van der Waals surface area contributed by atoms with Crippen molar-refractivity contribution in [3.8, 4) is 5.75 Å².